The Kier molecular flexibility index (Phi) is 5.36. The highest BCUT2D eigenvalue weighted by molar-refractivity contribution is 5.95. The number of nitrogens with one attached hydrogen (secondary N) is 1. The molecule has 1 aliphatic heterocycles. The molecule has 0 aliphatic carbocycles. The summed E-state index contributed by atoms with van der Waals surface area (Å²) in [6, 6.07) is 8.45. The van der Waals surface area contributed by atoms with Crippen LogP contribution >= 0.6 is 0 Å². The van der Waals surface area contributed by atoms with Gasteiger partial charge in [0.05, 0.1) is 24.3 Å². The Morgan fingerprint density at radius 3 is 2.67 bits per heavy atom. The summed E-state index contributed by atoms with van der Waals surface area (Å²) in [4.78, 5) is 14.3. The van der Waals surface area contributed by atoms with E-state index in [9.17, 15) is 22.4 Å². The Morgan fingerprint density at radius 1 is 1.22 bits per heavy atom. The van der Waals surface area contributed by atoms with Gasteiger partial charge >= 0.3 is 6.18 Å². The molecule has 1 aliphatic rings. The molecule has 2 aromatic carbocycles. The number of carbonyl (C=O) groups is 1. The summed E-state index contributed by atoms with van der Waals surface area (Å²) < 4.78 is 58.4. The maximum Gasteiger partial charge on any atom is 0.416 e. The smallest absolute Gasteiger partial charge is 0.416 e. The molecule has 3 rings (SSSR count). The average Bonchev–Trinajstić information content (AvgIpc) is 2.67. The molecule has 1 N–H and O–H groups in total. The minimum absolute atomic E-state index is 0.233. The topological polar surface area (TPSA) is 41.6 Å². The zero-order valence-electron chi connectivity index (χ0n) is 14.5. The molecular weight excluding hydrogens is 364 g/mol. The molecule has 0 radical (unpaired) electrons. The molecule has 4 nitrogen and oxygen atoms in total. The van der Waals surface area contributed by atoms with E-state index in [4.69, 9.17) is 4.74 Å². The lowest BCUT2D eigenvalue weighted by Crippen LogP contribution is -2.49. The number of alkyl halides is 3. The van der Waals surface area contributed by atoms with Crippen LogP contribution in [0.5, 0.6) is 5.75 Å². The van der Waals surface area contributed by atoms with E-state index in [1.165, 1.54) is 12.0 Å². The number of carbonyl (C=O) groups excluding carboxylic acids is 1. The van der Waals surface area contributed by atoms with Crippen LogP contribution in [0.15, 0.2) is 42.5 Å². The van der Waals surface area contributed by atoms with E-state index in [-0.39, 0.29) is 6.54 Å². The van der Waals surface area contributed by atoms with Gasteiger partial charge in [-0.1, -0.05) is 18.2 Å². The first-order valence-corrected chi connectivity index (χ1v) is 8.34. The van der Waals surface area contributed by atoms with Gasteiger partial charge in [0, 0.05) is 25.2 Å². The third kappa shape index (κ3) is 3.90. The van der Waals surface area contributed by atoms with Crippen LogP contribution in [0.25, 0.3) is 0 Å². The number of rotatable bonds is 3. The van der Waals surface area contributed by atoms with Crippen molar-refractivity contribution in [3.63, 3.8) is 0 Å². The number of hydrogen-bond donors (Lipinski definition) is 1. The Morgan fingerprint density at radius 2 is 1.96 bits per heavy atom. The molecule has 0 spiro atoms. The molecule has 0 aromatic heterocycles. The molecule has 8 heteroatoms. The monoisotopic (exact) mass is 382 g/mol. The molecule has 2 aromatic rings. The van der Waals surface area contributed by atoms with E-state index >= 15 is 0 Å². The lowest BCUT2D eigenvalue weighted by Gasteiger charge is -2.37. The summed E-state index contributed by atoms with van der Waals surface area (Å²) in [7, 11) is 1.49. The summed E-state index contributed by atoms with van der Waals surface area (Å²) in [5.41, 5.74) is -0.948. The van der Waals surface area contributed by atoms with Crippen LogP contribution in [-0.2, 0) is 6.18 Å². The van der Waals surface area contributed by atoms with Gasteiger partial charge in [0.1, 0.15) is 11.6 Å². The summed E-state index contributed by atoms with van der Waals surface area (Å²) in [6.45, 7) is 1.07. The largest absolute Gasteiger partial charge is 0.496 e. The molecule has 0 saturated carbocycles. The quantitative estimate of drug-likeness (QED) is 0.825. The van der Waals surface area contributed by atoms with Gasteiger partial charge < -0.3 is 15.0 Å². The predicted molar refractivity (Wildman–Crippen MR) is 91.0 cm³/mol. The van der Waals surface area contributed by atoms with Gasteiger partial charge in [0.15, 0.2) is 0 Å². The molecule has 1 saturated heterocycles. The first-order valence-electron chi connectivity index (χ1n) is 8.34. The number of para-hydroxylation sites is 1. The summed E-state index contributed by atoms with van der Waals surface area (Å²) in [5, 5.41) is 3.15. The first-order chi connectivity index (χ1) is 12.8. The minimum Gasteiger partial charge on any atom is -0.496 e. The van der Waals surface area contributed by atoms with Crippen LogP contribution < -0.4 is 10.1 Å². The number of piperazine rings is 1. The Bertz CT molecular complexity index is 839. The number of amides is 1. The van der Waals surface area contributed by atoms with Crippen molar-refractivity contribution in [1.82, 2.24) is 10.2 Å². The highest BCUT2D eigenvalue weighted by Crippen LogP contribution is 2.33. The van der Waals surface area contributed by atoms with Crippen LogP contribution in [0.2, 0.25) is 0 Å². The third-order valence-corrected chi connectivity index (χ3v) is 4.53. The average molecular weight is 382 g/mol. The van der Waals surface area contributed by atoms with Crippen LogP contribution in [0.4, 0.5) is 17.6 Å². The number of benzene rings is 2. The number of nitrogens with zero attached hydrogens (tertiary/aromatic N) is 1. The van der Waals surface area contributed by atoms with Crippen molar-refractivity contribution in [2.75, 3.05) is 26.7 Å². The van der Waals surface area contributed by atoms with Crippen molar-refractivity contribution in [2.45, 2.75) is 12.2 Å². The lowest BCUT2D eigenvalue weighted by atomic mass is 10.00. The van der Waals surface area contributed by atoms with Gasteiger partial charge in [-0.2, -0.15) is 13.2 Å². The molecular formula is C19H18F4N2O2. The molecule has 1 heterocycles. The van der Waals surface area contributed by atoms with Crippen molar-refractivity contribution in [2.24, 2.45) is 0 Å². The Balaban J connectivity index is 1.99. The molecule has 0 bridgehead atoms. The molecule has 1 atom stereocenters. The normalized spacial score (nSPS) is 17.7. The first kappa shape index (κ1) is 19.2. The highest BCUT2D eigenvalue weighted by Gasteiger charge is 2.35. The fourth-order valence-electron chi connectivity index (χ4n) is 3.19. The number of methoxy groups -OCH3 is 1. The lowest BCUT2D eigenvalue weighted by molar-refractivity contribution is -0.137. The van der Waals surface area contributed by atoms with Crippen molar-refractivity contribution < 1.29 is 27.1 Å². The van der Waals surface area contributed by atoms with Crippen molar-refractivity contribution in [3.8, 4) is 5.75 Å². The second-order valence-corrected chi connectivity index (χ2v) is 6.15. The minimum atomic E-state index is -4.66. The number of ether oxygens (including phenoxy) is 1. The van der Waals surface area contributed by atoms with Crippen LogP contribution in [0, 0.1) is 5.82 Å². The van der Waals surface area contributed by atoms with Crippen molar-refractivity contribution >= 4 is 5.91 Å². The maximum atomic E-state index is 14.2. The molecule has 1 fully saturated rings. The van der Waals surface area contributed by atoms with Crippen LogP contribution in [0.1, 0.15) is 27.5 Å². The van der Waals surface area contributed by atoms with Gasteiger partial charge in [0.2, 0.25) is 0 Å². The summed E-state index contributed by atoms with van der Waals surface area (Å²) in [5.74, 6) is -1.21. The predicted octanol–water partition coefficient (Wildman–Crippen LogP) is 3.64. The molecule has 1 unspecified atom stereocenters. The zero-order valence-corrected chi connectivity index (χ0v) is 14.5. The fraction of sp³-hybridized carbons (Fsp3) is 0.316. The Labute approximate surface area is 153 Å². The zero-order chi connectivity index (χ0) is 19.6. The van der Waals surface area contributed by atoms with E-state index in [1.54, 1.807) is 24.3 Å². The number of halogens is 4. The highest BCUT2D eigenvalue weighted by atomic mass is 19.4. The van der Waals surface area contributed by atoms with Gasteiger partial charge in [-0.25, -0.2) is 4.39 Å². The van der Waals surface area contributed by atoms with Crippen molar-refractivity contribution in [3.05, 3.63) is 65.0 Å². The van der Waals surface area contributed by atoms with Crippen LogP contribution in [0.3, 0.4) is 0 Å². The van der Waals surface area contributed by atoms with Crippen molar-refractivity contribution in [1.29, 1.82) is 0 Å². The molecule has 144 valence electrons. The second-order valence-electron chi connectivity index (χ2n) is 6.15. The number of hydrogen-bond acceptors (Lipinski definition) is 3. The fourth-order valence-corrected chi connectivity index (χ4v) is 3.19. The standard InChI is InChI=1S/C19H18F4N2O2/c1-27-17-5-3-2-4-13(17)16-11-24-8-9-25(16)18(26)14-10-12(19(21,22)23)6-7-15(14)20/h2-7,10,16,24H,8-9,11H2,1H3. The second kappa shape index (κ2) is 7.56. The SMILES string of the molecule is COc1ccccc1C1CNCCN1C(=O)c1cc(C(F)(F)F)ccc1F. The van der Waals surface area contributed by atoms with E-state index in [1.807, 2.05) is 0 Å². The van der Waals surface area contributed by atoms with E-state index < -0.39 is 35.1 Å². The third-order valence-electron chi connectivity index (χ3n) is 4.53. The van der Waals surface area contributed by atoms with Gasteiger partial charge in [-0.3, -0.25) is 4.79 Å². The summed E-state index contributed by atoms with van der Waals surface area (Å²) in [6.07, 6.45) is -4.66. The van der Waals surface area contributed by atoms with E-state index in [0.29, 0.717) is 42.6 Å². The van der Waals surface area contributed by atoms with Gasteiger partial charge in [-0.15, -0.1) is 0 Å². The Hall–Kier alpha value is -2.61. The molecule has 27 heavy (non-hydrogen) atoms. The summed E-state index contributed by atoms with van der Waals surface area (Å²) >= 11 is 0. The van der Waals surface area contributed by atoms with Gasteiger partial charge in [-0.05, 0) is 24.3 Å². The van der Waals surface area contributed by atoms with E-state index in [0.717, 1.165) is 0 Å². The van der Waals surface area contributed by atoms with E-state index in [2.05, 4.69) is 5.32 Å². The maximum absolute atomic E-state index is 14.2. The molecule has 1 amide bonds. The van der Waals surface area contributed by atoms with Gasteiger partial charge in [0.25, 0.3) is 5.91 Å². The van der Waals surface area contributed by atoms with Crippen LogP contribution in [-0.4, -0.2) is 37.6 Å².